The summed E-state index contributed by atoms with van der Waals surface area (Å²) in [6, 6.07) is 14.9. The zero-order valence-corrected chi connectivity index (χ0v) is 16.0. The molecule has 0 spiro atoms. The van der Waals surface area contributed by atoms with Crippen LogP contribution in [0.3, 0.4) is 0 Å². The van der Waals surface area contributed by atoms with Crippen molar-refractivity contribution in [1.29, 1.82) is 0 Å². The molecule has 2 heterocycles. The molecule has 0 radical (unpaired) electrons. The molecule has 0 bridgehead atoms. The summed E-state index contributed by atoms with van der Waals surface area (Å²) < 4.78 is 5.26. The highest BCUT2D eigenvalue weighted by Crippen LogP contribution is 2.31. The molecule has 2 amide bonds. The lowest BCUT2D eigenvalue weighted by molar-refractivity contribution is 0.0957. The van der Waals surface area contributed by atoms with Gasteiger partial charge in [0.1, 0.15) is 0 Å². The summed E-state index contributed by atoms with van der Waals surface area (Å²) in [6.07, 6.45) is 3.24. The standard InChI is InChI=1S/C23H22N2O3/c1-15-11-16(2)13-18(12-15)22(26)24-19-7-8-20-17(14-19)5-3-9-25(20)23(27)21-6-4-10-28-21/h4,6-8,10-14H,3,5,9H2,1-2H3,(H,24,26). The van der Waals surface area contributed by atoms with Gasteiger partial charge < -0.3 is 14.6 Å². The van der Waals surface area contributed by atoms with Gasteiger partial charge in [-0.15, -0.1) is 0 Å². The van der Waals surface area contributed by atoms with Crippen molar-refractivity contribution >= 4 is 23.2 Å². The lowest BCUT2D eigenvalue weighted by Crippen LogP contribution is -2.35. The van der Waals surface area contributed by atoms with Crippen LogP contribution in [0.5, 0.6) is 0 Å². The highest BCUT2D eigenvalue weighted by Gasteiger charge is 2.25. The zero-order valence-electron chi connectivity index (χ0n) is 16.0. The maximum atomic E-state index is 12.7. The Hall–Kier alpha value is -3.34. The predicted octanol–water partition coefficient (Wildman–Crippen LogP) is 4.74. The highest BCUT2D eigenvalue weighted by molar-refractivity contribution is 6.06. The summed E-state index contributed by atoms with van der Waals surface area (Å²) >= 11 is 0. The monoisotopic (exact) mass is 374 g/mol. The molecule has 0 unspecified atom stereocenters. The number of carbonyl (C=O) groups is 2. The smallest absolute Gasteiger partial charge is 0.293 e. The van der Waals surface area contributed by atoms with Gasteiger partial charge in [0.2, 0.25) is 0 Å². The van der Waals surface area contributed by atoms with Gasteiger partial charge in [-0.1, -0.05) is 17.2 Å². The van der Waals surface area contributed by atoms with E-state index in [-0.39, 0.29) is 11.8 Å². The fourth-order valence-electron chi connectivity index (χ4n) is 3.73. The molecule has 0 aliphatic carbocycles. The fraction of sp³-hybridized carbons (Fsp3) is 0.217. The van der Waals surface area contributed by atoms with Crippen molar-refractivity contribution in [3.63, 3.8) is 0 Å². The first-order chi connectivity index (χ1) is 13.5. The fourth-order valence-corrected chi connectivity index (χ4v) is 3.73. The third-order valence-corrected chi connectivity index (χ3v) is 4.92. The number of nitrogens with one attached hydrogen (secondary N) is 1. The lowest BCUT2D eigenvalue weighted by Gasteiger charge is -2.29. The van der Waals surface area contributed by atoms with Gasteiger partial charge in [0, 0.05) is 23.5 Å². The molecule has 1 aliphatic rings. The van der Waals surface area contributed by atoms with Crippen molar-refractivity contribution in [1.82, 2.24) is 0 Å². The number of amides is 2. The first-order valence-electron chi connectivity index (χ1n) is 9.39. The molecular formula is C23H22N2O3. The second-order valence-electron chi connectivity index (χ2n) is 7.21. The maximum absolute atomic E-state index is 12.7. The van der Waals surface area contributed by atoms with E-state index < -0.39 is 0 Å². The SMILES string of the molecule is Cc1cc(C)cc(C(=O)Nc2ccc3c(c2)CCCN3C(=O)c2ccco2)c1. The summed E-state index contributed by atoms with van der Waals surface area (Å²) in [4.78, 5) is 27.1. The Morgan fingerprint density at radius 3 is 2.54 bits per heavy atom. The molecule has 0 saturated carbocycles. The number of nitrogens with zero attached hydrogens (tertiary/aromatic N) is 1. The number of carbonyl (C=O) groups excluding carboxylic acids is 2. The number of hydrogen-bond acceptors (Lipinski definition) is 3. The van der Waals surface area contributed by atoms with E-state index in [4.69, 9.17) is 4.42 Å². The van der Waals surface area contributed by atoms with E-state index in [1.165, 1.54) is 6.26 Å². The van der Waals surface area contributed by atoms with Crippen LogP contribution < -0.4 is 10.2 Å². The van der Waals surface area contributed by atoms with E-state index in [1.54, 1.807) is 17.0 Å². The van der Waals surface area contributed by atoms with Gasteiger partial charge in [-0.2, -0.15) is 0 Å². The van der Waals surface area contributed by atoms with Gasteiger partial charge in [0.05, 0.1) is 6.26 Å². The van der Waals surface area contributed by atoms with E-state index in [0.717, 1.165) is 40.9 Å². The molecule has 1 N–H and O–H groups in total. The number of aryl methyl sites for hydroxylation is 3. The summed E-state index contributed by atoms with van der Waals surface area (Å²) in [5.74, 6) is 0.0593. The number of anilines is 2. The Labute approximate surface area is 164 Å². The van der Waals surface area contributed by atoms with E-state index in [1.807, 2.05) is 50.2 Å². The summed E-state index contributed by atoms with van der Waals surface area (Å²) in [5, 5.41) is 2.97. The topological polar surface area (TPSA) is 62.6 Å². The van der Waals surface area contributed by atoms with Crippen LogP contribution >= 0.6 is 0 Å². The van der Waals surface area contributed by atoms with Gasteiger partial charge in [-0.05, 0) is 74.7 Å². The van der Waals surface area contributed by atoms with Crippen molar-refractivity contribution < 1.29 is 14.0 Å². The maximum Gasteiger partial charge on any atom is 0.293 e. The number of fused-ring (bicyclic) bond motifs is 1. The van der Waals surface area contributed by atoms with Crippen LogP contribution in [0.4, 0.5) is 11.4 Å². The Morgan fingerprint density at radius 2 is 1.82 bits per heavy atom. The molecule has 1 aliphatic heterocycles. The molecule has 0 atom stereocenters. The molecule has 5 heteroatoms. The van der Waals surface area contributed by atoms with Crippen LogP contribution in [0, 0.1) is 13.8 Å². The second-order valence-corrected chi connectivity index (χ2v) is 7.21. The Balaban J connectivity index is 1.57. The van der Waals surface area contributed by atoms with Crippen LogP contribution in [-0.4, -0.2) is 18.4 Å². The molecule has 0 saturated heterocycles. The first kappa shape index (κ1) is 18.0. The quantitative estimate of drug-likeness (QED) is 0.720. The molecule has 0 fully saturated rings. The zero-order chi connectivity index (χ0) is 19.7. The lowest BCUT2D eigenvalue weighted by atomic mass is 10.0. The molecule has 2 aromatic carbocycles. The van der Waals surface area contributed by atoms with E-state index in [0.29, 0.717) is 17.9 Å². The van der Waals surface area contributed by atoms with Crippen LogP contribution in [0.2, 0.25) is 0 Å². The molecule has 142 valence electrons. The highest BCUT2D eigenvalue weighted by atomic mass is 16.3. The average Bonchev–Trinajstić information content (AvgIpc) is 3.21. The minimum atomic E-state index is -0.141. The largest absolute Gasteiger partial charge is 0.459 e. The van der Waals surface area contributed by atoms with Crippen molar-refractivity contribution in [2.24, 2.45) is 0 Å². The van der Waals surface area contributed by atoms with Gasteiger partial charge >= 0.3 is 0 Å². The Bertz CT molecular complexity index is 1020. The average molecular weight is 374 g/mol. The van der Waals surface area contributed by atoms with E-state index in [2.05, 4.69) is 5.32 Å². The van der Waals surface area contributed by atoms with E-state index >= 15 is 0 Å². The first-order valence-corrected chi connectivity index (χ1v) is 9.39. The molecule has 5 nitrogen and oxygen atoms in total. The number of furan rings is 1. The van der Waals surface area contributed by atoms with Crippen LogP contribution in [0.25, 0.3) is 0 Å². The van der Waals surface area contributed by atoms with Gasteiger partial charge in [-0.3, -0.25) is 9.59 Å². The van der Waals surface area contributed by atoms with Crippen molar-refractivity contribution in [2.45, 2.75) is 26.7 Å². The molecule has 4 rings (SSSR count). The summed E-state index contributed by atoms with van der Waals surface area (Å²) in [5.41, 5.74) is 5.41. The van der Waals surface area contributed by atoms with Crippen molar-refractivity contribution in [3.8, 4) is 0 Å². The Kier molecular flexibility index (Phi) is 4.74. The number of benzene rings is 2. The van der Waals surface area contributed by atoms with Crippen molar-refractivity contribution in [3.05, 3.63) is 82.8 Å². The number of rotatable bonds is 3. The second kappa shape index (κ2) is 7.35. The van der Waals surface area contributed by atoms with Gasteiger partial charge in [0.25, 0.3) is 11.8 Å². The number of hydrogen-bond donors (Lipinski definition) is 1. The van der Waals surface area contributed by atoms with E-state index in [9.17, 15) is 9.59 Å². The predicted molar refractivity (Wildman–Crippen MR) is 109 cm³/mol. The third-order valence-electron chi connectivity index (χ3n) is 4.92. The molecule has 1 aromatic heterocycles. The molecular weight excluding hydrogens is 352 g/mol. The minimum absolute atomic E-state index is 0.133. The Morgan fingerprint density at radius 1 is 1.04 bits per heavy atom. The van der Waals surface area contributed by atoms with Gasteiger partial charge in [0.15, 0.2) is 5.76 Å². The minimum Gasteiger partial charge on any atom is -0.459 e. The van der Waals surface area contributed by atoms with Crippen LogP contribution in [0.15, 0.2) is 59.2 Å². The normalized spacial score (nSPS) is 13.1. The molecule has 3 aromatic rings. The third kappa shape index (κ3) is 3.56. The molecule has 28 heavy (non-hydrogen) atoms. The summed E-state index contributed by atoms with van der Waals surface area (Å²) in [7, 11) is 0. The summed E-state index contributed by atoms with van der Waals surface area (Å²) in [6.45, 7) is 4.61. The van der Waals surface area contributed by atoms with Gasteiger partial charge in [-0.25, -0.2) is 0 Å². The van der Waals surface area contributed by atoms with Crippen LogP contribution in [0.1, 0.15) is 44.0 Å². The van der Waals surface area contributed by atoms with Crippen LogP contribution in [-0.2, 0) is 6.42 Å². The van der Waals surface area contributed by atoms with Crippen molar-refractivity contribution in [2.75, 3.05) is 16.8 Å².